The van der Waals surface area contributed by atoms with Crippen LogP contribution >= 0.6 is 0 Å². The Hall–Kier alpha value is -4.14. The van der Waals surface area contributed by atoms with Crippen LogP contribution in [0.2, 0.25) is 0 Å². The standard InChI is InChI=1S/C21H20N4O5/c1-30-21(29)16-6-3-7-17(19(16)27)24-20(28)14-4-2-5-15(12-14)23-18(26)8-10-25-11-9-22-13-25/h2-7,9,11-13,27H,8,10H2,1H3,(H,23,26)(H,24,28). The highest BCUT2D eigenvalue weighted by molar-refractivity contribution is 6.07. The molecule has 0 unspecified atom stereocenters. The number of carbonyl (C=O) groups is 3. The molecule has 1 aromatic heterocycles. The van der Waals surface area contributed by atoms with Crippen molar-refractivity contribution in [1.82, 2.24) is 9.55 Å². The Labute approximate surface area is 172 Å². The van der Waals surface area contributed by atoms with Crippen molar-refractivity contribution < 1.29 is 24.2 Å². The molecule has 0 fully saturated rings. The van der Waals surface area contributed by atoms with Gasteiger partial charge in [0, 0.05) is 36.6 Å². The number of nitrogens with one attached hydrogen (secondary N) is 2. The van der Waals surface area contributed by atoms with Crippen LogP contribution in [0.15, 0.2) is 61.2 Å². The zero-order valence-corrected chi connectivity index (χ0v) is 16.2. The Morgan fingerprint density at radius 2 is 1.93 bits per heavy atom. The smallest absolute Gasteiger partial charge is 0.341 e. The van der Waals surface area contributed by atoms with E-state index in [4.69, 9.17) is 0 Å². The molecule has 0 saturated carbocycles. The maximum atomic E-state index is 12.6. The zero-order valence-electron chi connectivity index (χ0n) is 16.2. The summed E-state index contributed by atoms with van der Waals surface area (Å²) < 4.78 is 6.39. The van der Waals surface area contributed by atoms with Gasteiger partial charge in [0.15, 0.2) is 5.75 Å². The monoisotopic (exact) mass is 408 g/mol. The van der Waals surface area contributed by atoms with Crippen molar-refractivity contribution >= 4 is 29.2 Å². The molecule has 3 N–H and O–H groups in total. The number of hydrogen-bond donors (Lipinski definition) is 3. The number of methoxy groups -OCH3 is 1. The molecule has 0 atom stereocenters. The number of aromatic hydroxyl groups is 1. The van der Waals surface area contributed by atoms with Crippen molar-refractivity contribution in [3.8, 4) is 5.75 Å². The molecule has 9 nitrogen and oxygen atoms in total. The van der Waals surface area contributed by atoms with Crippen LogP contribution in [0.4, 0.5) is 11.4 Å². The van der Waals surface area contributed by atoms with Crippen molar-refractivity contribution in [2.45, 2.75) is 13.0 Å². The number of ether oxygens (including phenoxy) is 1. The topological polar surface area (TPSA) is 123 Å². The molecule has 2 amide bonds. The summed E-state index contributed by atoms with van der Waals surface area (Å²) in [5, 5.41) is 15.5. The minimum atomic E-state index is -0.719. The van der Waals surface area contributed by atoms with E-state index in [0.29, 0.717) is 12.2 Å². The van der Waals surface area contributed by atoms with Gasteiger partial charge >= 0.3 is 5.97 Å². The van der Waals surface area contributed by atoms with Crippen LogP contribution < -0.4 is 10.6 Å². The second-order valence-corrected chi connectivity index (χ2v) is 6.33. The molecule has 0 aliphatic carbocycles. The number of nitrogens with zero attached hydrogens (tertiary/aromatic N) is 2. The molecule has 1 heterocycles. The first kappa shape index (κ1) is 20.6. The molecule has 0 spiro atoms. The Balaban J connectivity index is 1.66. The zero-order chi connectivity index (χ0) is 21.5. The summed E-state index contributed by atoms with van der Waals surface area (Å²) in [5.74, 6) is -1.82. The lowest BCUT2D eigenvalue weighted by Crippen LogP contribution is -2.16. The van der Waals surface area contributed by atoms with Crippen molar-refractivity contribution in [3.63, 3.8) is 0 Å². The summed E-state index contributed by atoms with van der Waals surface area (Å²) in [4.78, 5) is 40.3. The van der Waals surface area contributed by atoms with Gasteiger partial charge in [-0.1, -0.05) is 12.1 Å². The van der Waals surface area contributed by atoms with Gasteiger partial charge in [0.2, 0.25) is 5.91 Å². The number of hydrogen-bond acceptors (Lipinski definition) is 6. The summed E-state index contributed by atoms with van der Waals surface area (Å²) in [5.41, 5.74) is 0.739. The van der Waals surface area contributed by atoms with E-state index in [1.165, 1.54) is 31.4 Å². The number of carbonyl (C=O) groups excluding carboxylic acids is 3. The SMILES string of the molecule is COC(=O)c1cccc(NC(=O)c2cccc(NC(=O)CCn3ccnc3)c2)c1O. The number of aromatic nitrogens is 2. The number of para-hydroxylation sites is 1. The molecule has 0 aliphatic rings. The molecule has 30 heavy (non-hydrogen) atoms. The summed E-state index contributed by atoms with van der Waals surface area (Å²) in [7, 11) is 1.20. The molecule has 0 saturated heterocycles. The fourth-order valence-electron chi connectivity index (χ4n) is 2.72. The molecule has 2 aromatic carbocycles. The summed E-state index contributed by atoms with van der Waals surface area (Å²) >= 11 is 0. The molecule has 0 aliphatic heterocycles. The quantitative estimate of drug-likeness (QED) is 0.408. The van der Waals surface area contributed by atoms with Gasteiger partial charge in [0.05, 0.1) is 19.1 Å². The highest BCUT2D eigenvalue weighted by atomic mass is 16.5. The van der Waals surface area contributed by atoms with E-state index in [1.54, 1.807) is 41.5 Å². The van der Waals surface area contributed by atoms with E-state index in [-0.39, 0.29) is 34.9 Å². The highest BCUT2D eigenvalue weighted by Gasteiger charge is 2.17. The first-order chi connectivity index (χ1) is 14.5. The van der Waals surface area contributed by atoms with Gasteiger partial charge in [-0.15, -0.1) is 0 Å². The third-order valence-electron chi connectivity index (χ3n) is 4.25. The number of phenols is 1. The van der Waals surface area contributed by atoms with E-state index < -0.39 is 11.9 Å². The molecule has 3 rings (SSSR count). The second-order valence-electron chi connectivity index (χ2n) is 6.33. The van der Waals surface area contributed by atoms with Gasteiger partial charge in [-0.3, -0.25) is 9.59 Å². The fourth-order valence-corrected chi connectivity index (χ4v) is 2.72. The van der Waals surface area contributed by atoms with Gasteiger partial charge in [0.1, 0.15) is 5.56 Å². The minimum Gasteiger partial charge on any atom is -0.505 e. The summed E-state index contributed by atoms with van der Waals surface area (Å²) in [6.07, 6.45) is 5.28. The van der Waals surface area contributed by atoms with Crippen LogP contribution in [0.1, 0.15) is 27.1 Å². The lowest BCUT2D eigenvalue weighted by atomic mass is 10.1. The Bertz CT molecular complexity index is 1060. The third kappa shape index (κ3) is 5.02. The van der Waals surface area contributed by atoms with Crippen LogP contribution in [0, 0.1) is 0 Å². The number of imidazole rings is 1. The number of benzene rings is 2. The summed E-state index contributed by atoms with van der Waals surface area (Å²) in [6.45, 7) is 0.488. The normalized spacial score (nSPS) is 10.3. The first-order valence-corrected chi connectivity index (χ1v) is 9.05. The van der Waals surface area contributed by atoms with Crippen LogP contribution in [0.25, 0.3) is 0 Å². The molecule has 3 aromatic rings. The van der Waals surface area contributed by atoms with Crippen LogP contribution in [0.5, 0.6) is 5.75 Å². The number of amides is 2. The van der Waals surface area contributed by atoms with Crippen molar-refractivity contribution in [1.29, 1.82) is 0 Å². The van der Waals surface area contributed by atoms with E-state index in [1.807, 2.05) is 0 Å². The van der Waals surface area contributed by atoms with Gasteiger partial charge in [-0.25, -0.2) is 9.78 Å². The van der Waals surface area contributed by atoms with Crippen LogP contribution in [-0.2, 0) is 16.1 Å². The number of esters is 1. The van der Waals surface area contributed by atoms with E-state index in [9.17, 15) is 19.5 Å². The second kappa shape index (κ2) is 9.37. The predicted molar refractivity (Wildman–Crippen MR) is 109 cm³/mol. The molecular formula is C21H20N4O5. The maximum Gasteiger partial charge on any atom is 0.341 e. The lowest BCUT2D eigenvalue weighted by Gasteiger charge is -2.11. The number of phenolic OH excluding ortho intramolecular Hbond substituents is 1. The third-order valence-corrected chi connectivity index (χ3v) is 4.25. The Morgan fingerprint density at radius 3 is 2.67 bits per heavy atom. The first-order valence-electron chi connectivity index (χ1n) is 9.05. The van der Waals surface area contributed by atoms with E-state index >= 15 is 0 Å². The predicted octanol–water partition coefficient (Wildman–Crippen LogP) is 2.66. The summed E-state index contributed by atoms with van der Waals surface area (Å²) in [6, 6.07) is 10.7. The number of rotatable bonds is 7. The lowest BCUT2D eigenvalue weighted by molar-refractivity contribution is -0.116. The number of aryl methyl sites for hydroxylation is 1. The molecular weight excluding hydrogens is 388 g/mol. The Morgan fingerprint density at radius 1 is 1.13 bits per heavy atom. The molecule has 0 bridgehead atoms. The van der Waals surface area contributed by atoms with Gasteiger partial charge in [-0.2, -0.15) is 0 Å². The maximum absolute atomic E-state index is 12.6. The van der Waals surface area contributed by atoms with Gasteiger partial charge in [-0.05, 0) is 30.3 Å². The van der Waals surface area contributed by atoms with Gasteiger partial charge < -0.3 is 25.0 Å². The number of anilines is 2. The van der Waals surface area contributed by atoms with Crippen molar-refractivity contribution in [2.24, 2.45) is 0 Å². The molecule has 9 heteroatoms. The average molecular weight is 408 g/mol. The minimum absolute atomic E-state index is 0.0609. The van der Waals surface area contributed by atoms with Gasteiger partial charge in [0.25, 0.3) is 5.91 Å². The average Bonchev–Trinajstić information content (AvgIpc) is 3.27. The van der Waals surface area contributed by atoms with Crippen molar-refractivity contribution in [3.05, 3.63) is 72.3 Å². The van der Waals surface area contributed by atoms with E-state index in [2.05, 4.69) is 20.4 Å². The molecule has 154 valence electrons. The Kier molecular flexibility index (Phi) is 6.43. The molecule has 0 radical (unpaired) electrons. The van der Waals surface area contributed by atoms with E-state index in [0.717, 1.165) is 0 Å². The fraction of sp³-hybridized carbons (Fsp3) is 0.143. The van der Waals surface area contributed by atoms with Crippen LogP contribution in [-0.4, -0.2) is 39.6 Å². The van der Waals surface area contributed by atoms with Crippen LogP contribution in [0.3, 0.4) is 0 Å². The van der Waals surface area contributed by atoms with Crippen molar-refractivity contribution in [2.75, 3.05) is 17.7 Å². The highest BCUT2D eigenvalue weighted by Crippen LogP contribution is 2.28. The largest absolute Gasteiger partial charge is 0.505 e.